The lowest BCUT2D eigenvalue weighted by atomic mass is 9.87. The molecule has 4 nitrogen and oxygen atoms in total. The first-order valence-electron chi connectivity index (χ1n) is 6.38. The van der Waals surface area contributed by atoms with Gasteiger partial charge in [-0.3, -0.25) is 4.79 Å². The first kappa shape index (κ1) is 13.0. The lowest BCUT2D eigenvalue weighted by Gasteiger charge is -2.15. The monoisotopic (exact) mass is 285 g/mol. The summed E-state index contributed by atoms with van der Waals surface area (Å²) in [7, 11) is 0. The normalized spacial score (nSPS) is 11.9. The van der Waals surface area contributed by atoms with Crippen LogP contribution in [0.1, 0.15) is 31.1 Å². The molecule has 0 aromatic carbocycles. The molecule has 0 atom stereocenters. The van der Waals surface area contributed by atoms with Crippen LogP contribution in [0, 0.1) is 5.41 Å². The van der Waals surface area contributed by atoms with Gasteiger partial charge in [0.15, 0.2) is 11.4 Å². The number of fused-ring (bicyclic) bond motifs is 1. The van der Waals surface area contributed by atoms with Gasteiger partial charge in [-0.25, -0.2) is 9.97 Å². The minimum atomic E-state index is -0.435. The molecule has 0 aliphatic carbocycles. The molecule has 0 aliphatic rings. The summed E-state index contributed by atoms with van der Waals surface area (Å²) in [5.74, 6) is 0.0699. The van der Waals surface area contributed by atoms with Crippen LogP contribution in [0.4, 0.5) is 0 Å². The number of hydrogen-bond acceptors (Lipinski definition) is 4. The highest BCUT2D eigenvalue weighted by atomic mass is 32.1. The predicted octanol–water partition coefficient (Wildman–Crippen LogP) is 3.92. The van der Waals surface area contributed by atoms with Crippen molar-refractivity contribution in [3.05, 3.63) is 34.8 Å². The second-order valence-corrected chi connectivity index (χ2v) is 6.53. The first-order valence-corrected chi connectivity index (χ1v) is 7.32. The smallest absolute Gasteiger partial charge is 0.171 e. The van der Waals surface area contributed by atoms with E-state index in [1.165, 1.54) is 0 Å². The van der Waals surface area contributed by atoms with Crippen LogP contribution in [0.15, 0.2) is 29.2 Å². The van der Waals surface area contributed by atoms with Crippen molar-refractivity contribution in [3.63, 3.8) is 0 Å². The third kappa shape index (κ3) is 2.14. The number of nitrogens with one attached hydrogen (secondary N) is 1. The largest absolute Gasteiger partial charge is 0.344 e. The van der Waals surface area contributed by atoms with Crippen molar-refractivity contribution >= 4 is 28.3 Å². The van der Waals surface area contributed by atoms with E-state index in [-0.39, 0.29) is 5.78 Å². The predicted molar refractivity (Wildman–Crippen MR) is 81.0 cm³/mol. The molecule has 0 aliphatic heterocycles. The fourth-order valence-electron chi connectivity index (χ4n) is 2.02. The molecule has 0 unspecified atom stereocenters. The van der Waals surface area contributed by atoms with Gasteiger partial charge in [0, 0.05) is 22.6 Å². The Morgan fingerprint density at radius 1 is 1.35 bits per heavy atom. The van der Waals surface area contributed by atoms with E-state index in [9.17, 15) is 4.79 Å². The number of aromatic amines is 1. The summed E-state index contributed by atoms with van der Waals surface area (Å²) in [6.07, 6.45) is 3.43. The van der Waals surface area contributed by atoms with Crippen LogP contribution in [0.25, 0.3) is 22.4 Å². The van der Waals surface area contributed by atoms with E-state index in [1.54, 1.807) is 23.7 Å². The summed E-state index contributed by atoms with van der Waals surface area (Å²) in [5, 5.41) is 4.02. The third-order valence-electron chi connectivity index (χ3n) is 3.12. The average molecular weight is 285 g/mol. The van der Waals surface area contributed by atoms with E-state index >= 15 is 0 Å². The van der Waals surface area contributed by atoms with Gasteiger partial charge in [-0.05, 0) is 11.4 Å². The Kier molecular flexibility index (Phi) is 2.94. The van der Waals surface area contributed by atoms with Crippen LogP contribution in [-0.4, -0.2) is 20.7 Å². The number of nitrogens with zero attached hydrogens (tertiary/aromatic N) is 2. The molecular formula is C15H15N3OS. The standard InChI is InChI=1S/C15H15N3OS/c1-15(2,3)13(19)10-6-16-14-12(10)18-11(7-17-14)9-4-5-20-8-9/h4-8H,1-3H3,(H,16,17). The third-order valence-corrected chi connectivity index (χ3v) is 3.81. The van der Waals surface area contributed by atoms with Gasteiger partial charge in [0.25, 0.3) is 0 Å². The summed E-state index contributed by atoms with van der Waals surface area (Å²) in [5.41, 5.74) is 3.29. The molecule has 0 saturated carbocycles. The Morgan fingerprint density at radius 2 is 2.15 bits per heavy atom. The molecule has 0 fully saturated rings. The number of aromatic nitrogens is 3. The maximum absolute atomic E-state index is 12.5. The zero-order chi connectivity index (χ0) is 14.3. The molecule has 102 valence electrons. The van der Waals surface area contributed by atoms with Crippen molar-refractivity contribution < 1.29 is 4.79 Å². The highest BCUT2D eigenvalue weighted by molar-refractivity contribution is 7.08. The van der Waals surface area contributed by atoms with E-state index in [1.807, 2.05) is 37.6 Å². The van der Waals surface area contributed by atoms with Crippen LogP contribution >= 0.6 is 11.3 Å². The van der Waals surface area contributed by atoms with E-state index in [4.69, 9.17) is 0 Å². The minimum Gasteiger partial charge on any atom is -0.344 e. The van der Waals surface area contributed by atoms with Crippen molar-refractivity contribution in [2.75, 3.05) is 0 Å². The molecule has 0 amide bonds. The maximum Gasteiger partial charge on any atom is 0.171 e. The Morgan fingerprint density at radius 3 is 2.80 bits per heavy atom. The zero-order valence-corrected chi connectivity index (χ0v) is 12.4. The number of ketones is 1. The van der Waals surface area contributed by atoms with Crippen LogP contribution in [0.2, 0.25) is 0 Å². The molecular weight excluding hydrogens is 270 g/mol. The van der Waals surface area contributed by atoms with Crippen LogP contribution in [-0.2, 0) is 0 Å². The molecule has 0 bridgehead atoms. The number of thiophene rings is 1. The molecule has 3 aromatic heterocycles. The molecule has 5 heteroatoms. The number of carbonyl (C=O) groups is 1. The Bertz CT molecular complexity index is 766. The number of Topliss-reactive ketones (excluding diaryl/α,β-unsaturated/α-hetero) is 1. The van der Waals surface area contributed by atoms with Gasteiger partial charge in [0.05, 0.1) is 17.5 Å². The van der Waals surface area contributed by atoms with Gasteiger partial charge in [0.1, 0.15) is 5.52 Å². The molecule has 1 N–H and O–H groups in total. The number of hydrogen-bond donors (Lipinski definition) is 1. The van der Waals surface area contributed by atoms with Gasteiger partial charge in [-0.15, -0.1) is 0 Å². The molecule has 20 heavy (non-hydrogen) atoms. The molecule has 0 spiro atoms. The summed E-state index contributed by atoms with van der Waals surface area (Å²) in [6.45, 7) is 5.72. The maximum atomic E-state index is 12.5. The average Bonchev–Trinajstić information content (AvgIpc) is 3.05. The lowest BCUT2D eigenvalue weighted by Crippen LogP contribution is -2.20. The van der Waals surface area contributed by atoms with Gasteiger partial charge in [0.2, 0.25) is 0 Å². The first-order chi connectivity index (χ1) is 9.47. The van der Waals surface area contributed by atoms with Crippen LogP contribution < -0.4 is 0 Å². The Labute approximate surface area is 120 Å². The molecule has 0 radical (unpaired) electrons. The summed E-state index contributed by atoms with van der Waals surface area (Å²) < 4.78 is 0. The minimum absolute atomic E-state index is 0.0699. The van der Waals surface area contributed by atoms with Crippen LogP contribution in [0.3, 0.4) is 0 Å². The second-order valence-electron chi connectivity index (χ2n) is 5.75. The summed E-state index contributed by atoms with van der Waals surface area (Å²) >= 11 is 1.61. The quantitative estimate of drug-likeness (QED) is 0.726. The molecule has 3 aromatic rings. The van der Waals surface area contributed by atoms with Gasteiger partial charge >= 0.3 is 0 Å². The summed E-state index contributed by atoms with van der Waals surface area (Å²) in [6, 6.07) is 2.00. The van der Waals surface area contributed by atoms with E-state index < -0.39 is 5.41 Å². The molecule has 3 rings (SSSR count). The number of carbonyl (C=O) groups excluding carboxylic acids is 1. The highest BCUT2D eigenvalue weighted by Crippen LogP contribution is 2.27. The van der Waals surface area contributed by atoms with Crippen molar-refractivity contribution in [2.24, 2.45) is 5.41 Å². The number of rotatable bonds is 2. The zero-order valence-electron chi connectivity index (χ0n) is 11.6. The van der Waals surface area contributed by atoms with E-state index in [0.717, 1.165) is 11.3 Å². The fourth-order valence-corrected chi connectivity index (χ4v) is 2.67. The van der Waals surface area contributed by atoms with Crippen molar-refractivity contribution in [1.82, 2.24) is 15.0 Å². The Balaban J connectivity index is 2.16. The van der Waals surface area contributed by atoms with Crippen molar-refractivity contribution in [2.45, 2.75) is 20.8 Å². The SMILES string of the molecule is CC(C)(C)C(=O)c1c[nH]c2ncc(-c3ccsc3)nc12. The summed E-state index contributed by atoms with van der Waals surface area (Å²) in [4.78, 5) is 24.4. The van der Waals surface area contributed by atoms with Crippen molar-refractivity contribution in [1.29, 1.82) is 0 Å². The Hall–Kier alpha value is -2.01. The topological polar surface area (TPSA) is 58.6 Å². The van der Waals surface area contributed by atoms with E-state index in [0.29, 0.717) is 16.7 Å². The molecule has 0 saturated heterocycles. The highest BCUT2D eigenvalue weighted by Gasteiger charge is 2.26. The van der Waals surface area contributed by atoms with Crippen LogP contribution in [0.5, 0.6) is 0 Å². The second kappa shape index (κ2) is 4.52. The van der Waals surface area contributed by atoms with Crippen molar-refractivity contribution in [3.8, 4) is 11.3 Å². The van der Waals surface area contributed by atoms with E-state index in [2.05, 4.69) is 15.0 Å². The van der Waals surface area contributed by atoms with Gasteiger partial charge in [-0.2, -0.15) is 11.3 Å². The molecule has 3 heterocycles. The number of H-pyrrole nitrogens is 1. The fraction of sp³-hybridized carbons (Fsp3) is 0.267. The lowest BCUT2D eigenvalue weighted by molar-refractivity contribution is 0.0860. The van der Waals surface area contributed by atoms with Gasteiger partial charge < -0.3 is 4.98 Å². The van der Waals surface area contributed by atoms with Gasteiger partial charge in [-0.1, -0.05) is 20.8 Å².